The molecular weight excluding hydrogens is 328 g/mol. The topological polar surface area (TPSA) is 64.4 Å². The van der Waals surface area contributed by atoms with Crippen LogP contribution in [0.1, 0.15) is 27.4 Å². The molecule has 1 amide bonds. The first kappa shape index (κ1) is 17.7. The van der Waals surface area contributed by atoms with Crippen LogP contribution >= 0.6 is 0 Å². The van der Waals surface area contributed by atoms with Gasteiger partial charge in [0, 0.05) is 12.1 Å². The monoisotopic (exact) mass is 350 g/mol. The molecule has 0 unspecified atom stereocenters. The molecule has 134 valence electrons. The fraction of sp³-hybridized carbons (Fsp3) is 0.238. The third-order valence-corrected chi connectivity index (χ3v) is 4.15. The molecule has 26 heavy (non-hydrogen) atoms. The Morgan fingerprint density at radius 3 is 2.65 bits per heavy atom. The van der Waals surface area contributed by atoms with Crippen molar-refractivity contribution in [2.45, 2.75) is 20.3 Å². The molecule has 0 aliphatic heterocycles. The lowest BCUT2D eigenvalue weighted by molar-refractivity contribution is 0.0948. The van der Waals surface area contributed by atoms with Crippen molar-refractivity contribution in [2.75, 3.05) is 13.7 Å². The fourth-order valence-electron chi connectivity index (χ4n) is 2.65. The van der Waals surface area contributed by atoms with E-state index >= 15 is 0 Å². The summed E-state index contributed by atoms with van der Waals surface area (Å²) in [4.78, 5) is 16.8. The minimum atomic E-state index is -0.229. The molecule has 2 aromatic carbocycles. The lowest BCUT2D eigenvalue weighted by Gasteiger charge is -2.04. The van der Waals surface area contributed by atoms with Crippen molar-refractivity contribution in [3.05, 3.63) is 71.1 Å². The lowest BCUT2D eigenvalue weighted by atomic mass is 10.1. The predicted octanol–water partition coefficient (Wildman–Crippen LogP) is 3.94. The van der Waals surface area contributed by atoms with E-state index in [0.29, 0.717) is 29.6 Å². The van der Waals surface area contributed by atoms with Gasteiger partial charge in [-0.2, -0.15) is 0 Å². The molecule has 0 bridgehead atoms. The van der Waals surface area contributed by atoms with Gasteiger partial charge in [0.15, 0.2) is 5.69 Å². The summed E-state index contributed by atoms with van der Waals surface area (Å²) in [6.07, 6.45) is 0.770. The SMILES string of the molecule is COc1cccc(-c2nc(C(=O)NCCc3ccc(C)cc3)c(C)o2)c1. The lowest BCUT2D eigenvalue weighted by Crippen LogP contribution is -2.26. The van der Waals surface area contributed by atoms with Crippen LogP contribution in [0.3, 0.4) is 0 Å². The normalized spacial score (nSPS) is 10.6. The van der Waals surface area contributed by atoms with Gasteiger partial charge in [0.1, 0.15) is 11.5 Å². The van der Waals surface area contributed by atoms with Crippen molar-refractivity contribution in [3.63, 3.8) is 0 Å². The summed E-state index contributed by atoms with van der Waals surface area (Å²) in [6, 6.07) is 15.7. The van der Waals surface area contributed by atoms with Crippen LogP contribution in [0, 0.1) is 13.8 Å². The molecule has 5 nitrogen and oxygen atoms in total. The number of carbonyl (C=O) groups is 1. The number of oxazole rings is 1. The van der Waals surface area contributed by atoms with Crippen molar-refractivity contribution in [1.82, 2.24) is 10.3 Å². The molecule has 1 aromatic heterocycles. The van der Waals surface area contributed by atoms with E-state index in [9.17, 15) is 4.79 Å². The van der Waals surface area contributed by atoms with Gasteiger partial charge in [-0.15, -0.1) is 0 Å². The molecule has 0 aliphatic rings. The van der Waals surface area contributed by atoms with Crippen LogP contribution in [0.5, 0.6) is 5.75 Å². The summed E-state index contributed by atoms with van der Waals surface area (Å²) in [5, 5.41) is 2.90. The van der Waals surface area contributed by atoms with Crippen molar-refractivity contribution in [2.24, 2.45) is 0 Å². The number of benzene rings is 2. The minimum Gasteiger partial charge on any atom is -0.497 e. The highest BCUT2D eigenvalue weighted by atomic mass is 16.5. The van der Waals surface area contributed by atoms with Gasteiger partial charge in [0.25, 0.3) is 5.91 Å². The van der Waals surface area contributed by atoms with Crippen molar-refractivity contribution in [1.29, 1.82) is 0 Å². The third kappa shape index (κ3) is 4.11. The highest BCUT2D eigenvalue weighted by Gasteiger charge is 2.18. The molecule has 0 atom stereocenters. The van der Waals surface area contributed by atoms with E-state index in [1.165, 1.54) is 11.1 Å². The molecule has 3 rings (SSSR count). The quantitative estimate of drug-likeness (QED) is 0.731. The Kier molecular flexibility index (Phi) is 5.37. The average Bonchev–Trinajstić information content (AvgIpc) is 3.05. The van der Waals surface area contributed by atoms with Gasteiger partial charge in [-0.05, 0) is 44.0 Å². The molecule has 0 radical (unpaired) electrons. The zero-order valence-corrected chi connectivity index (χ0v) is 15.2. The predicted molar refractivity (Wildman–Crippen MR) is 100 cm³/mol. The number of nitrogens with one attached hydrogen (secondary N) is 1. The Morgan fingerprint density at radius 1 is 1.15 bits per heavy atom. The van der Waals surface area contributed by atoms with Gasteiger partial charge in [-0.1, -0.05) is 35.9 Å². The molecule has 5 heteroatoms. The zero-order chi connectivity index (χ0) is 18.5. The number of hydrogen-bond acceptors (Lipinski definition) is 4. The van der Waals surface area contributed by atoms with Gasteiger partial charge in [-0.3, -0.25) is 4.79 Å². The van der Waals surface area contributed by atoms with Crippen LogP contribution in [0.2, 0.25) is 0 Å². The molecule has 0 spiro atoms. The fourth-order valence-corrected chi connectivity index (χ4v) is 2.65. The van der Waals surface area contributed by atoms with Crippen LogP contribution in [0.15, 0.2) is 52.9 Å². The second-order valence-corrected chi connectivity index (χ2v) is 6.15. The van der Waals surface area contributed by atoms with Gasteiger partial charge in [0.05, 0.1) is 7.11 Å². The van der Waals surface area contributed by atoms with E-state index in [1.807, 2.05) is 24.3 Å². The second kappa shape index (κ2) is 7.87. The van der Waals surface area contributed by atoms with Crippen LogP contribution in [-0.4, -0.2) is 24.5 Å². The second-order valence-electron chi connectivity index (χ2n) is 6.15. The van der Waals surface area contributed by atoms with Gasteiger partial charge in [0.2, 0.25) is 5.89 Å². The number of aromatic nitrogens is 1. The summed E-state index contributed by atoms with van der Waals surface area (Å²) in [5.41, 5.74) is 3.49. The largest absolute Gasteiger partial charge is 0.497 e. The number of hydrogen-bond donors (Lipinski definition) is 1. The molecule has 0 aliphatic carbocycles. The van der Waals surface area contributed by atoms with Crippen molar-refractivity contribution < 1.29 is 13.9 Å². The Bertz CT molecular complexity index is 898. The molecule has 0 saturated heterocycles. The highest BCUT2D eigenvalue weighted by molar-refractivity contribution is 5.93. The first-order valence-electron chi connectivity index (χ1n) is 8.52. The van der Waals surface area contributed by atoms with E-state index in [1.54, 1.807) is 14.0 Å². The zero-order valence-electron chi connectivity index (χ0n) is 15.2. The highest BCUT2D eigenvalue weighted by Crippen LogP contribution is 2.25. The van der Waals surface area contributed by atoms with Crippen LogP contribution in [-0.2, 0) is 6.42 Å². The summed E-state index contributed by atoms with van der Waals surface area (Å²) in [6.45, 7) is 4.34. The number of nitrogens with zero attached hydrogens (tertiary/aromatic N) is 1. The molecule has 3 aromatic rings. The first-order chi connectivity index (χ1) is 12.6. The number of methoxy groups -OCH3 is 1. The maximum absolute atomic E-state index is 12.4. The number of rotatable bonds is 6. The van der Waals surface area contributed by atoms with Gasteiger partial charge < -0.3 is 14.5 Å². The van der Waals surface area contributed by atoms with E-state index in [0.717, 1.165) is 12.0 Å². The minimum absolute atomic E-state index is 0.229. The Labute approximate surface area is 153 Å². The number of ether oxygens (including phenoxy) is 1. The van der Waals surface area contributed by atoms with Crippen LogP contribution in [0.25, 0.3) is 11.5 Å². The molecule has 1 heterocycles. The number of carbonyl (C=O) groups excluding carboxylic acids is 1. The van der Waals surface area contributed by atoms with E-state index < -0.39 is 0 Å². The summed E-state index contributed by atoms with van der Waals surface area (Å²) < 4.78 is 10.9. The summed E-state index contributed by atoms with van der Waals surface area (Å²) in [5.74, 6) is 1.38. The molecule has 1 N–H and O–H groups in total. The van der Waals surface area contributed by atoms with Gasteiger partial charge in [-0.25, -0.2) is 4.98 Å². The molecule has 0 fully saturated rings. The van der Waals surface area contributed by atoms with E-state index in [-0.39, 0.29) is 5.91 Å². The average molecular weight is 350 g/mol. The third-order valence-electron chi connectivity index (χ3n) is 4.15. The molecular formula is C21H22N2O3. The van der Waals surface area contributed by atoms with E-state index in [4.69, 9.17) is 9.15 Å². The van der Waals surface area contributed by atoms with E-state index in [2.05, 4.69) is 41.5 Å². The summed E-state index contributed by atoms with van der Waals surface area (Å²) in [7, 11) is 1.60. The summed E-state index contributed by atoms with van der Waals surface area (Å²) >= 11 is 0. The maximum atomic E-state index is 12.4. The molecule has 0 saturated carbocycles. The van der Waals surface area contributed by atoms with Crippen LogP contribution in [0.4, 0.5) is 0 Å². The van der Waals surface area contributed by atoms with Crippen molar-refractivity contribution >= 4 is 5.91 Å². The Hall–Kier alpha value is -3.08. The number of amides is 1. The smallest absolute Gasteiger partial charge is 0.273 e. The van der Waals surface area contributed by atoms with Crippen molar-refractivity contribution in [3.8, 4) is 17.2 Å². The van der Waals surface area contributed by atoms with Gasteiger partial charge >= 0.3 is 0 Å². The maximum Gasteiger partial charge on any atom is 0.273 e. The number of aryl methyl sites for hydroxylation is 2. The first-order valence-corrected chi connectivity index (χ1v) is 8.52. The Balaban J connectivity index is 1.66. The van der Waals surface area contributed by atoms with Crippen LogP contribution < -0.4 is 10.1 Å². The Morgan fingerprint density at radius 2 is 1.92 bits per heavy atom. The standard InChI is InChI=1S/C21H22N2O3/c1-14-7-9-16(10-8-14)11-12-22-20(24)19-15(2)26-21(23-19)17-5-4-6-18(13-17)25-3/h4-10,13H,11-12H2,1-3H3,(H,22,24).